The van der Waals surface area contributed by atoms with E-state index < -0.39 is 0 Å². The maximum absolute atomic E-state index is 9.31. The van der Waals surface area contributed by atoms with Crippen molar-refractivity contribution in [3.63, 3.8) is 0 Å². The highest BCUT2D eigenvalue weighted by Crippen LogP contribution is 2.32. The minimum Gasteiger partial charge on any atom is -0.453 e. The SMILES string of the molecule is C=C(N)c1cc(C#N)cc(Oc2c(CC)nn(CCOCOCCOC)c2CC)c1. The summed E-state index contributed by atoms with van der Waals surface area (Å²) in [6.45, 7) is 10.1. The number of hydrogen-bond acceptors (Lipinski definition) is 7. The fourth-order valence-electron chi connectivity index (χ4n) is 2.91. The van der Waals surface area contributed by atoms with Gasteiger partial charge in [0, 0.05) is 18.4 Å². The Bertz CT molecular complexity index is 886. The molecule has 0 radical (unpaired) electrons. The van der Waals surface area contributed by atoms with Gasteiger partial charge in [-0.25, -0.2) is 0 Å². The lowest BCUT2D eigenvalue weighted by Gasteiger charge is -2.11. The van der Waals surface area contributed by atoms with E-state index in [-0.39, 0.29) is 6.79 Å². The van der Waals surface area contributed by atoms with Crippen molar-refractivity contribution in [1.29, 1.82) is 5.26 Å². The van der Waals surface area contributed by atoms with Crippen LogP contribution in [-0.2, 0) is 33.6 Å². The monoisotopic (exact) mass is 414 g/mol. The highest BCUT2D eigenvalue weighted by molar-refractivity contribution is 5.64. The number of ether oxygens (including phenoxy) is 4. The lowest BCUT2D eigenvalue weighted by Crippen LogP contribution is -2.13. The molecule has 0 aliphatic rings. The Hall–Kier alpha value is -2.86. The molecule has 2 rings (SSSR count). The lowest BCUT2D eigenvalue weighted by molar-refractivity contribution is -0.0679. The van der Waals surface area contributed by atoms with E-state index in [1.807, 2.05) is 18.5 Å². The fraction of sp³-hybridized carbons (Fsp3) is 0.455. The van der Waals surface area contributed by atoms with Crippen LogP contribution in [0.25, 0.3) is 5.70 Å². The van der Waals surface area contributed by atoms with Crippen LogP contribution in [-0.4, -0.2) is 43.5 Å². The standard InChI is InChI=1S/C22H30N4O4/c1-5-20-22(30-19-12-17(14-23)11-18(13-19)16(3)24)21(6-2)26(25-20)7-8-28-15-29-10-9-27-4/h11-13H,3,5-10,15,24H2,1-2,4H3. The molecule has 8 nitrogen and oxygen atoms in total. The zero-order valence-corrected chi connectivity index (χ0v) is 17.9. The first-order chi connectivity index (χ1) is 14.5. The molecule has 1 aromatic carbocycles. The fourth-order valence-corrected chi connectivity index (χ4v) is 2.91. The van der Waals surface area contributed by atoms with Gasteiger partial charge in [-0.15, -0.1) is 0 Å². The van der Waals surface area contributed by atoms with Gasteiger partial charge in [0.25, 0.3) is 0 Å². The van der Waals surface area contributed by atoms with Crippen molar-refractivity contribution in [2.75, 3.05) is 33.7 Å². The molecule has 0 spiro atoms. The van der Waals surface area contributed by atoms with Crippen LogP contribution >= 0.6 is 0 Å². The minimum atomic E-state index is 0.211. The molecule has 0 fully saturated rings. The van der Waals surface area contributed by atoms with Crippen LogP contribution in [0.2, 0.25) is 0 Å². The Morgan fingerprint density at radius 1 is 1.17 bits per heavy atom. The average Bonchev–Trinajstić information content (AvgIpc) is 3.08. The third-order valence-electron chi connectivity index (χ3n) is 4.42. The molecule has 0 bridgehead atoms. The van der Waals surface area contributed by atoms with Crippen molar-refractivity contribution in [3.8, 4) is 17.6 Å². The number of nitriles is 1. The van der Waals surface area contributed by atoms with E-state index in [4.69, 9.17) is 24.7 Å². The summed E-state index contributed by atoms with van der Waals surface area (Å²) < 4.78 is 23.8. The van der Waals surface area contributed by atoms with E-state index in [0.29, 0.717) is 61.1 Å². The van der Waals surface area contributed by atoms with Gasteiger partial charge in [-0.05, 0) is 31.0 Å². The highest BCUT2D eigenvalue weighted by atomic mass is 16.7. The van der Waals surface area contributed by atoms with Gasteiger partial charge < -0.3 is 24.7 Å². The molecule has 1 aromatic heterocycles. The van der Waals surface area contributed by atoms with Crippen LogP contribution in [0.4, 0.5) is 0 Å². The predicted molar refractivity (Wildman–Crippen MR) is 114 cm³/mol. The van der Waals surface area contributed by atoms with E-state index in [1.165, 1.54) is 0 Å². The van der Waals surface area contributed by atoms with Crippen LogP contribution in [0.15, 0.2) is 24.8 Å². The number of rotatable bonds is 13. The number of hydrogen-bond donors (Lipinski definition) is 1. The van der Waals surface area contributed by atoms with Crippen molar-refractivity contribution in [1.82, 2.24) is 9.78 Å². The van der Waals surface area contributed by atoms with Gasteiger partial charge >= 0.3 is 0 Å². The number of methoxy groups -OCH3 is 1. The van der Waals surface area contributed by atoms with Gasteiger partial charge in [0.2, 0.25) is 0 Å². The summed E-state index contributed by atoms with van der Waals surface area (Å²) in [6, 6.07) is 7.28. The molecule has 2 N–H and O–H groups in total. The molecule has 30 heavy (non-hydrogen) atoms. The summed E-state index contributed by atoms with van der Waals surface area (Å²) in [4.78, 5) is 0. The van der Waals surface area contributed by atoms with E-state index in [2.05, 4.69) is 17.7 Å². The molecule has 0 aliphatic carbocycles. The van der Waals surface area contributed by atoms with Crippen molar-refractivity contribution >= 4 is 5.70 Å². The van der Waals surface area contributed by atoms with E-state index in [9.17, 15) is 5.26 Å². The van der Waals surface area contributed by atoms with Gasteiger partial charge in [-0.3, -0.25) is 4.68 Å². The first-order valence-corrected chi connectivity index (χ1v) is 9.94. The first-order valence-electron chi connectivity index (χ1n) is 9.94. The first kappa shape index (κ1) is 23.4. The van der Waals surface area contributed by atoms with Crippen LogP contribution in [0.1, 0.15) is 36.4 Å². The van der Waals surface area contributed by atoms with Gasteiger partial charge in [-0.2, -0.15) is 10.4 Å². The molecule has 162 valence electrons. The Labute approximate surface area is 177 Å². The smallest absolute Gasteiger partial charge is 0.171 e. The van der Waals surface area contributed by atoms with Gasteiger partial charge in [0.15, 0.2) is 5.75 Å². The maximum atomic E-state index is 9.31. The number of nitrogens with zero attached hydrogens (tertiary/aromatic N) is 3. The second kappa shape index (κ2) is 12.0. The summed E-state index contributed by atoms with van der Waals surface area (Å²) in [7, 11) is 1.63. The van der Waals surface area contributed by atoms with Crippen molar-refractivity contribution < 1.29 is 18.9 Å². The summed E-state index contributed by atoms with van der Waals surface area (Å²) in [6.07, 6.45) is 1.45. The molecule has 0 aliphatic heterocycles. The topological polar surface area (TPSA) is 105 Å². The summed E-state index contributed by atoms with van der Waals surface area (Å²) in [5.74, 6) is 1.24. The predicted octanol–water partition coefficient (Wildman–Crippen LogP) is 3.24. The Morgan fingerprint density at radius 2 is 1.93 bits per heavy atom. The van der Waals surface area contributed by atoms with Crippen molar-refractivity contribution in [2.45, 2.75) is 33.2 Å². The molecule has 8 heteroatoms. The molecule has 0 amide bonds. The van der Waals surface area contributed by atoms with E-state index >= 15 is 0 Å². The Morgan fingerprint density at radius 3 is 2.57 bits per heavy atom. The largest absolute Gasteiger partial charge is 0.453 e. The molecule has 1 heterocycles. The summed E-state index contributed by atoms with van der Waals surface area (Å²) in [5, 5.41) is 14.0. The highest BCUT2D eigenvalue weighted by Gasteiger charge is 2.18. The Kier molecular flexibility index (Phi) is 9.35. The zero-order valence-electron chi connectivity index (χ0n) is 17.9. The van der Waals surface area contributed by atoms with Crippen molar-refractivity contribution in [2.24, 2.45) is 5.73 Å². The van der Waals surface area contributed by atoms with Crippen LogP contribution in [0.5, 0.6) is 11.5 Å². The van der Waals surface area contributed by atoms with Gasteiger partial charge in [-0.1, -0.05) is 20.4 Å². The van der Waals surface area contributed by atoms with Crippen LogP contribution in [0, 0.1) is 11.3 Å². The summed E-state index contributed by atoms with van der Waals surface area (Å²) >= 11 is 0. The zero-order chi connectivity index (χ0) is 21.9. The number of aryl methyl sites for hydroxylation is 1. The second-order valence-electron chi connectivity index (χ2n) is 6.57. The minimum absolute atomic E-state index is 0.211. The molecule has 0 saturated carbocycles. The average molecular weight is 415 g/mol. The third-order valence-corrected chi connectivity index (χ3v) is 4.42. The van der Waals surface area contributed by atoms with Gasteiger partial charge in [0.05, 0.1) is 43.7 Å². The molecular weight excluding hydrogens is 384 g/mol. The van der Waals surface area contributed by atoms with E-state index in [0.717, 1.165) is 17.8 Å². The number of aromatic nitrogens is 2. The molecule has 0 unspecified atom stereocenters. The number of nitrogens with two attached hydrogens (primary N) is 1. The number of benzene rings is 1. The molecule has 2 aromatic rings. The van der Waals surface area contributed by atoms with Crippen LogP contribution in [0.3, 0.4) is 0 Å². The quantitative estimate of drug-likeness (QED) is 0.396. The molecule has 0 saturated heterocycles. The summed E-state index contributed by atoms with van der Waals surface area (Å²) in [5.41, 5.74) is 9.12. The maximum Gasteiger partial charge on any atom is 0.171 e. The van der Waals surface area contributed by atoms with E-state index in [1.54, 1.807) is 25.3 Å². The third kappa shape index (κ3) is 6.32. The lowest BCUT2D eigenvalue weighted by atomic mass is 10.1. The molecule has 0 atom stereocenters. The van der Waals surface area contributed by atoms with Crippen molar-refractivity contribution in [3.05, 3.63) is 47.3 Å². The van der Waals surface area contributed by atoms with Crippen LogP contribution < -0.4 is 10.5 Å². The molecular formula is C22H30N4O4. The normalized spacial score (nSPS) is 10.7. The second-order valence-corrected chi connectivity index (χ2v) is 6.57. The van der Waals surface area contributed by atoms with Gasteiger partial charge in [0.1, 0.15) is 18.2 Å². The Balaban J connectivity index is 2.16.